The van der Waals surface area contributed by atoms with Crippen molar-refractivity contribution < 1.29 is 9.53 Å². The molecular weight excluding hydrogens is 202 g/mol. The van der Waals surface area contributed by atoms with Crippen LogP contribution in [0.4, 0.5) is 0 Å². The maximum atomic E-state index is 10.4. The molecule has 3 nitrogen and oxygen atoms in total. The summed E-state index contributed by atoms with van der Waals surface area (Å²) >= 11 is 0. The number of nitrogens with one attached hydrogen (secondary N) is 1. The highest BCUT2D eigenvalue weighted by Crippen LogP contribution is 2.24. The van der Waals surface area contributed by atoms with Crippen molar-refractivity contribution in [2.75, 3.05) is 0 Å². The fourth-order valence-corrected chi connectivity index (χ4v) is 2.37. The lowest BCUT2D eigenvalue weighted by molar-refractivity contribution is -0.109. The molecule has 1 N–H and O–H groups in total. The van der Waals surface area contributed by atoms with E-state index in [4.69, 9.17) is 4.74 Å². The first-order valence-corrected chi connectivity index (χ1v) is 6.11. The molecule has 0 aromatic rings. The van der Waals surface area contributed by atoms with Crippen molar-refractivity contribution in [1.82, 2.24) is 5.32 Å². The molecule has 0 aromatic carbocycles. The highest BCUT2D eigenvalue weighted by molar-refractivity contribution is 5.50. The van der Waals surface area contributed by atoms with Gasteiger partial charge in [0, 0.05) is 12.1 Å². The average molecular weight is 221 g/mol. The molecule has 2 rings (SSSR count). The number of hydrogen-bond acceptors (Lipinski definition) is 2. The number of allylic oxidation sites excluding steroid dienone is 2. The molecule has 88 valence electrons. The van der Waals surface area contributed by atoms with Crippen LogP contribution in [0.3, 0.4) is 0 Å². The van der Waals surface area contributed by atoms with Crippen molar-refractivity contribution in [3.8, 4) is 0 Å². The maximum Gasteiger partial charge on any atom is 0.211 e. The minimum absolute atomic E-state index is 0.135. The molecule has 0 saturated heterocycles. The normalized spacial score (nSPS) is 26.2. The van der Waals surface area contributed by atoms with Gasteiger partial charge in [0.2, 0.25) is 6.41 Å². The second-order valence-corrected chi connectivity index (χ2v) is 4.48. The van der Waals surface area contributed by atoms with Crippen molar-refractivity contribution in [3.05, 3.63) is 23.9 Å². The average Bonchev–Trinajstić information content (AvgIpc) is 2.31. The minimum atomic E-state index is 0.135. The molecule has 2 aliphatic rings. The van der Waals surface area contributed by atoms with E-state index < -0.39 is 0 Å². The lowest BCUT2D eigenvalue weighted by Crippen LogP contribution is -2.26. The summed E-state index contributed by atoms with van der Waals surface area (Å²) in [5.74, 6) is 0. The zero-order chi connectivity index (χ0) is 11.2. The molecular formula is C13H19NO2. The van der Waals surface area contributed by atoms with Gasteiger partial charge >= 0.3 is 0 Å². The van der Waals surface area contributed by atoms with Gasteiger partial charge in [-0.2, -0.15) is 0 Å². The summed E-state index contributed by atoms with van der Waals surface area (Å²) in [6.45, 7) is 0. The summed E-state index contributed by atoms with van der Waals surface area (Å²) < 4.78 is 6.03. The van der Waals surface area contributed by atoms with Crippen molar-refractivity contribution in [2.24, 2.45) is 0 Å². The first-order chi connectivity index (χ1) is 7.88. The molecule has 0 heterocycles. The maximum absolute atomic E-state index is 10.4. The van der Waals surface area contributed by atoms with E-state index >= 15 is 0 Å². The summed E-state index contributed by atoms with van der Waals surface area (Å²) in [5.41, 5.74) is 0.943. The van der Waals surface area contributed by atoms with Gasteiger partial charge in [-0.25, -0.2) is 0 Å². The van der Waals surface area contributed by atoms with E-state index in [0.717, 1.165) is 18.5 Å². The Morgan fingerprint density at radius 3 is 2.88 bits per heavy atom. The number of carbonyl (C=O) groups is 1. The Morgan fingerprint density at radius 2 is 2.12 bits per heavy atom. The molecule has 0 radical (unpaired) electrons. The molecule has 1 atom stereocenters. The molecule has 1 fully saturated rings. The van der Waals surface area contributed by atoms with Crippen LogP contribution in [0.25, 0.3) is 0 Å². The van der Waals surface area contributed by atoms with Crippen molar-refractivity contribution in [2.45, 2.75) is 50.7 Å². The quantitative estimate of drug-likeness (QED) is 0.740. The van der Waals surface area contributed by atoms with Crippen molar-refractivity contribution in [3.63, 3.8) is 0 Å². The Kier molecular flexibility index (Phi) is 4.17. The van der Waals surface area contributed by atoms with Crippen LogP contribution in [0.5, 0.6) is 0 Å². The lowest BCUT2D eigenvalue weighted by Gasteiger charge is -2.27. The monoisotopic (exact) mass is 221 g/mol. The molecule has 1 unspecified atom stereocenters. The van der Waals surface area contributed by atoms with Gasteiger partial charge in [-0.1, -0.05) is 31.4 Å². The van der Waals surface area contributed by atoms with E-state index in [1.54, 1.807) is 0 Å². The second kappa shape index (κ2) is 5.85. The first-order valence-electron chi connectivity index (χ1n) is 6.11. The summed E-state index contributed by atoms with van der Waals surface area (Å²) in [7, 11) is 0. The van der Waals surface area contributed by atoms with E-state index in [0.29, 0.717) is 6.10 Å². The number of amides is 1. The highest BCUT2D eigenvalue weighted by Gasteiger charge is 2.19. The summed E-state index contributed by atoms with van der Waals surface area (Å²) in [6, 6.07) is 0. The third-order valence-electron chi connectivity index (χ3n) is 3.21. The van der Waals surface area contributed by atoms with Gasteiger partial charge in [0.05, 0.1) is 12.2 Å². The fraction of sp³-hybridized carbons (Fsp3) is 0.615. The SMILES string of the molecule is O=CNC1=CC=CC(OC2CCCCC2)C1. The van der Waals surface area contributed by atoms with Crippen LogP contribution in [-0.2, 0) is 9.53 Å². The predicted octanol–water partition coefficient (Wildman–Crippen LogP) is 2.29. The van der Waals surface area contributed by atoms with Gasteiger partial charge in [-0.3, -0.25) is 4.79 Å². The van der Waals surface area contributed by atoms with E-state index in [1.165, 1.54) is 32.1 Å². The Bertz CT molecular complexity index is 290. The molecule has 0 bridgehead atoms. The van der Waals surface area contributed by atoms with Gasteiger partial charge in [0.1, 0.15) is 0 Å². The van der Waals surface area contributed by atoms with Crippen LogP contribution in [-0.4, -0.2) is 18.6 Å². The van der Waals surface area contributed by atoms with Gasteiger partial charge in [0.25, 0.3) is 0 Å². The molecule has 2 aliphatic carbocycles. The van der Waals surface area contributed by atoms with Crippen LogP contribution in [0.2, 0.25) is 0 Å². The van der Waals surface area contributed by atoms with E-state index in [1.807, 2.05) is 12.2 Å². The van der Waals surface area contributed by atoms with Gasteiger partial charge < -0.3 is 10.1 Å². The summed E-state index contributed by atoms with van der Waals surface area (Å²) in [6.07, 6.45) is 14.3. The van der Waals surface area contributed by atoms with Crippen LogP contribution in [0.1, 0.15) is 38.5 Å². The second-order valence-electron chi connectivity index (χ2n) is 4.48. The zero-order valence-corrected chi connectivity index (χ0v) is 9.52. The number of carbonyl (C=O) groups excluding carboxylic acids is 1. The molecule has 0 aromatic heterocycles. The number of rotatable bonds is 4. The Hall–Kier alpha value is -1.09. The van der Waals surface area contributed by atoms with Gasteiger partial charge in [-0.05, 0) is 18.9 Å². The molecule has 1 amide bonds. The van der Waals surface area contributed by atoms with Crippen LogP contribution in [0.15, 0.2) is 23.9 Å². The standard InChI is InChI=1S/C13H19NO2/c15-10-14-11-5-4-8-13(9-11)16-12-6-2-1-3-7-12/h4-5,8,10,12-13H,1-3,6-7,9H2,(H,14,15). The summed E-state index contributed by atoms with van der Waals surface area (Å²) in [5, 5.41) is 2.70. The van der Waals surface area contributed by atoms with Gasteiger partial charge in [0.15, 0.2) is 0 Å². The predicted molar refractivity (Wildman–Crippen MR) is 62.8 cm³/mol. The van der Waals surface area contributed by atoms with Crippen molar-refractivity contribution in [1.29, 1.82) is 0 Å². The molecule has 0 aliphatic heterocycles. The number of hydrogen-bond donors (Lipinski definition) is 1. The molecule has 0 spiro atoms. The largest absolute Gasteiger partial charge is 0.371 e. The Morgan fingerprint density at radius 1 is 1.31 bits per heavy atom. The topological polar surface area (TPSA) is 38.3 Å². The fourth-order valence-electron chi connectivity index (χ4n) is 2.37. The van der Waals surface area contributed by atoms with Crippen LogP contribution in [0, 0.1) is 0 Å². The Balaban J connectivity index is 1.80. The zero-order valence-electron chi connectivity index (χ0n) is 9.52. The first kappa shape index (κ1) is 11.4. The van der Waals surface area contributed by atoms with Crippen LogP contribution >= 0.6 is 0 Å². The van der Waals surface area contributed by atoms with E-state index in [9.17, 15) is 4.79 Å². The Labute approximate surface area is 96.6 Å². The minimum Gasteiger partial charge on any atom is -0.371 e. The highest BCUT2D eigenvalue weighted by atomic mass is 16.5. The van der Waals surface area contributed by atoms with E-state index in [2.05, 4.69) is 11.4 Å². The molecule has 1 saturated carbocycles. The van der Waals surface area contributed by atoms with Gasteiger partial charge in [-0.15, -0.1) is 0 Å². The van der Waals surface area contributed by atoms with Crippen molar-refractivity contribution >= 4 is 6.41 Å². The number of ether oxygens (including phenoxy) is 1. The summed E-state index contributed by atoms with van der Waals surface area (Å²) in [4.78, 5) is 10.4. The van der Waals surface area contributed by atoms with E-state index in [-0.39, 0.29) is 6.10 Å². The third kappa shape index (κ3) is 3.20. The lowest BCUT2D eigenvalue weighted by atomic mass is 9.97. The third-order valence-corrected chi connectivity index (χ3v) is 3.21. The van der Waals surface area contributed by atoms with Crippen LogP contribution < -0.4 is 5.32 Å². The smallest absolute Gasteiger partial charge is 0.211 e. The molecule has 3 heteroatoms. The molecule has 16 heavy (non-hydrogen) atoms.